The molecular formula is C11H16N8. The summed E-state index contributed by atoms with van der Waals surface area (Å²) in [6, 6.07) is 0.333. The van der Waals surface area contributed by atoms with Gasteiger partial charge in [0.15, 0.2) is 0 Å². The van der Waals surface area contributed by atoms with Gasteiger partial charge in [0.1, 0.15) is 12.7 Å². The minimum Gasteiger partial charge on any atom is -0.368 e. The molecule has 0 amide bonds. The first-order valence-corrected chi connectivity index (χ1v) is 6.35. The van der Waals surface area contributed by atoms with Crippen LogP contribution in [0.2, 0.25) is 0 Å². The maximum atomic E-state index is 5.70. The molecule has 1 aliphatic rings. The quantitative estimate of drug-likeness (QED) is 0.830. The number of hydrogen-bond acceptors (Lipinski definition) is 7. The van der Waals surface area contributed by atoms with Gasteiger partial charge in [-0.3, -0.25) is 0 Å². The average Bonchev–Trinajstić information content (AvgIpc) is 2.78. The van der Waals surface area contributed by atoms with Crippen molar-refractivity contribution in [2.45, 2.75) is 32.2 Å². The highest BCUT2D eigenvalue weighted by Crippen LogP contribution is 2.30. The Morgan fingerprint density at radius 1 is 1.37 bits per heavy atom. The second-order valence-corrected chi connectivity index (χ2v) is 4.78. The van der Waals surface area contributed by atoms with Crippen molar-refractivity contribution in [1.29, 1.82) is 0 Å². The molecule has 1 fully saturated rings. The third-order valence-corrected chi connectivity index (χ3v) is 3.48. The molecule has 0 aliphatic heterocycles. The molecule has 0 spiro atoms. The van der Waals surface area contributed by atoms with Gasteiger partial charge in [-0.15, -0.1) is 0 Å². The van der Waals surface area contributed by atoms with Gasteiger partial charge in [-0.1, -0.05) is 6.42 Å². The van der Waals surface area contributed by atoms with Crippen LogP contribution in [0.3, 0.4) is 0 Å². The first kappa shape index (κ1) is 11.8. The van der Waals surface area contributed by atoms with Crippen molar-refractivity contribution in [3.63, 3.8) is 0 Å². The van der Waals surface area contributed by atoms with Gasteiger partial charge < -0.3 is 11.1 Å². The molecule has 2 aromatic rings. The van der Waals surface area contributed by atoms with Crippen molar-refractivity contribution in [1.82, 2.24) is 29.7 Å². The molecule has 2 aromatic heterocycles. The Hall–Kier alpha value is -2.25. The molecule has 19 heavy (non-hydrogen) atoms. The molecule has 1 saturated carbocycles. The smallest absolute Gasteiger partial charge is 0.258 e. The van der Waals surface area contributed by atoms with E-state index in [4.69, 9.17) is 5.73 Å². The summed E-state index contributed by atoms with van der Waals surface area (Å²) in [7, 11) is 0. The Morgan fingerprint density at radius 2 is 2.21 bits per heavy atom. The van der Waals surface area contributed by atoms with Gasteiger partial charge in [0.25, 0.3) is 5.95 Å². The Balaban J connectivity index is 1.81. The summed E-state index contributed by atoms with van der Waals surface area (Å²) in [5.74, 6) is 1.71. The number of hydrogen-bond donors (Lipinski definition) is 2. The average molecular weight is 260 g/mol. The van der Waals surface area contributed by atoms with E-state index < -0.39 is 0 Å². The minimum absolute atomic E-state index is 0.170. The molecular weight excluding hydrogens is 244 g/mol. The number of nitrogens with one attached hydrogen (secondary N) is 1. The summed E-state index contributed by atoms with van der Waals surface area (Å²) in [6.45, 7) is 2.14. The van der Waals surface area contributed by atoms with Crippen LogP contribution in [0.5, 0.6) is 0 Å². The summed E-state index contributed by atoms with van der Waals surface area (Å²) >= 11 is 0. The molecule has 2 heterocycles. The molecule has 0 radical (unpaired) electrons. The zero-order valence-electron chi connectivity index (χ0n) is 10.7. The van der Waals surface area contributed by atoms with Crippen molar-refractivity contribution in [3.05, 3.63) is 12.7 Å². The number of aromatic nitrogens is 6. The summed E-state index contributed by atoms with van der Waals surface area (Å²) < 4.78 is 1.46. The molecule has 3 rings (SSSR count). The van der Waals surface area contributed by atoms with Gasteiger partial charge >= 0.3 is 0 Å². The molecule has 1 atom stereocenters. The first-order valence-electron chi connectivity index (χ1n) is 6.35. The number of nitrogen functional groups attached to an aromatic ring is 1. The maximum absolute atomic E-state index is 5.70. The van der Waals surface area contributed by atoms with Crippen LogP contribution in [0, 0.1) is 5.92 Å². The zero-order chi connectivity index (χ0) is 13.2. The Bertz CT molecular complexity index is 548. The van der Waals surface area contributed by atoms with E-state index in [1.165, 1.54) is 36.6 Å². The highest BCUT2D eigenvalue weighted by molar-refractivity contribution is 5.35. The molecule has 100 valence electrons. The standard InChI is InChI=1S/C11H16N8/c1-7(8-3-2-4-8)15-10-16-9(12)17-11(18-10)19-6-13-5-14-19/h5-8H,2-4H2,1H3,(H3,12,15,16,17,18). The molecule has 0 aromatic carbocycles. The minimum atomic E-state index is 0.170. The zero-order valence-corrected chi connectivity index (χ0v) is 10.7. The first-order chi connectivity index (χ1) is 9.22. The van der Waals surface area contributed by atoms with Crippen molar-refractivity contribution in [2.24, 2.45) is 5.92 Å². The molecule has 1 unspecified atom stereocenters. The largest absolute Gasteiger partial charge is 0.368 e. The Kier molecular flexibility index (Phi) is 2.98. The van der Waals surface area contributed by atoms with E-state index in [0.717, 1.165) is 0 Å². The van der Waals surface area contributed by atoms with E-state index in [1.807, 2.05) is 0 Å². The van der Waals surface area contributed by atoms with Crippen LogP contribution >= 0.6 is 0 Å². The number of anilines is 2. The van der Waals surface area contributed by atoms with Crippen LogP contribution in [0.4, 0.5) is 11.9 Å². The van der Waals surface area contributed by atoms with E-state index in [-0.39, 0.29) is 5.95 Å². The van der Waals surface area contributed by atoms with Crippen molar-refractivity contribution >= 4 is 11.9 Å². The van der Waals surface area contributed by atoms with Crippen LogP contribution in [0.1, 0.15) is 26.2 Å². The fraction of sp³-hybridized carbons (Fsp3) is 0.545. The van der Waals surface area contributed by atoms with Crippen molar-refractivity contribution < 1.29 is 0 Å². The van der Waals surface area contributed by atoms with Gasteiger partial charge in [0, 0.05) is 6.04 Å². The normalized spacial score (nSPS) is 16.9. The van der Waals surface area contributed by atoms with Crippen LogP contribution < -0.4 is 11.1 Å². The highest BCUT2D eigenvalue weighted by atomic mass is 15.4. The van der Waals surface area contributed by atoms with Crippen LogP contribution in [-0.2, 0) is 0 Å². The molecule has 0 saturated heterocycles. The van der Waals surface area contributed by atoms with Gasteiger partial charge in [0.05, 0.1) is 0 Å². The lowest BCUT2D eigenvalue weighted by atomic mass is 9.80. The predicted octanol–water partition coefficient (Wildman–Crippen LogP) is 0.635. The van der Waals surface area contributed by atoms with Gasteiger partial charge in [-0.25, -0.2) is 4.98 Å². The molecule has 8 nitrogen and oxygen atoms in total. The summed E-state index contributed by atoms with van der Waals surface area (Å²) in [5.41, 5.74) is 5.70. The fourth-order valence-electron chi connectivity index (χ4n) is 2.12. The van der Waals surface area contributed by atoms with E-state index in [0.29, 0.717) is 23.9 Å². The van der Waals surface area contributed by atoms with Crippen molar-refractivity contribution in [2.75, 3.05) is 11.1 Å². The lowest BCUT2D eigenvalue weighted by Gasteiger charge is -2.31. The van der Waals surface area contributed by atoms with E-state index in [9.17, 15) is 0 Å². The summed E-state index contributed by atoms with van der Waals surface area (Å²) in [6.07, 6.45) is 6.76. The second-order valence-electron chi connectivity index (χ2n) is 4.78. The predicted molar refractivity (Wildman–Crippen MR) is 69.6 cm³/mol. The van der Waals surface area contributed by atoms with E-state index in [1.54, 1.807) is 0 Å². The lowest BCUT2D eigenvalue weighted by molar-refractivity contribution is 0.284. The van der Waals surface area contributed by atoms with Crippen LogP contribution in [0.15, 0.2) is 12.7 Å². The van der Waals surface area contributed by atoms with Gasteiger partial charge in [-0.05, 0) is 25.7 Å². The third-order valence-electron chi connectivity index (χ3n) is 3.48. The number of nitrogens with two attached hydrogens (primary N) is 1. The second kappa shape index (κ2) is 4.79. The van der Waals surface area contributed by atoms with Gasteiger partial charge in [-0.2, -0.15) is 24.7 Å². The highest BCUT2D eigenvalue weighted by Gasteiger charge is 2.24. The third kappa shape index (κ3) is 2.47. The summed E-state index contributed by atoms with van der Waals surface area (Å²) in [4.78, 5) is 16.3. The Morgan fingerprint density at radius 3 is 2.84 bits per heavy atom. The maximum Gasteiger partial charge on any atom is 0.258 e. The Labute approximate surface area is 110 Å². The molecule has 3 N–H and O–H groups in total. The van der Waals surface area contributed by atoms with E-state index in [2.05, 4.69) is 37.3 Å². The SMILES string of the molecule is CC(Nc1nc(N)nc(-n2cncn2)n1)C1CCC1. The van der Waals surface area contributed by atoms with Crippen LogP contribution in [-0.4, -0.2) is 35.8 Å². The van der Waals surface area contributed by atoms with Crippen LogP contribution in [0.25, 0.3) is 5.95 Å². The van der Waals surface area contributed by atoms with E-state index >= 15 is 0 Å². The number of rotatable bonds is 4. The lowest BCUT2D eigenvalue weighted by Crippen LogP contribution is -2.31. The molecule has 8 heteroatoms. The number of nitrogens with zero attached hydrogens (tertiary/aromatic N) is 6. The van der Waals surface area contributed by atoms with Gasteiger partial charge in [0.2, 0.25) is 11.9 Å². The topological polar surface area (TPSA) is 107 Å². The van der Waals surface area contributed by atoms with Crippen molar-refractivity contribution in [3.8, 4) is 5.95 Å². The fourth-order valence-corrected chi connectivity index (χ4v) is 2.12. The monoisotopic (exact) mass is 260 g/mol. The molecule has 1 aliphatic carbocycles. The molecule has 0 bridgehead atoms. The summed E-state index contributed by atoms with van der Waals surface area (Å²) in [5, 5.41) is 7.26.